The van der Waals surface area contributed by atoms with Crippen molar-refractivity contribution in [2.24, 2.45) is 0 Å². The van der Waals surface area contributed by atoms with E-state index in [1.165, 1.54) is 0 Å². The van der Waals surface area contributed by atoms with Crippen molar-refractivity contribution in [3.05, 3.63) is 127 Å². The fraction of sp³-hybridized carbons (Fsp3) is 0.167. The van der Waals surface area contributed by atoms with Gasteiger partial charge >= 0.3 is 34.1 Å². The summed E-state index contributed by atoms with van der Waals surface area (Å²) in [5.41, 5.74) is 0. The van der Waals surface area contributed by atoms with Crippen LogP contribution >= 0.6 is 0 Å². The molecule has 0 aromatic carbocycles. The van der Waals surface area contributed by atoms with E-state index in [1.54, 1.807) is 0 Å². The van der Waals surface area contributed by atoms with E-state index in [2.05, 4.69) is 0 Å². The van der Waals surface area contributed by atoms with Gasteiger partial charge in [0.1, 0.15) is 0 Å². The third-order valence-electron chi connectivity index (χ3n) is 3.97. The summed E-state index contributed by atoms with van der Waals surface area (Å²) in [5.74, 6) is 1.85. The van der Waals surface area contributed by atoms with Crippen molar-refractivity contribution in [1.29, 1.82) is 0 Å². The van der Waals surface area contributed by atoms with Gasteiger partial charge in [-0.05, 0) is 128 Å². The Bertz CT molecular complexity index is 273. The molecule has 4 aliphatic carbocycles. The average molecular weight is 458 g/mol. The minimum absolute atomic E-state index is 0. The van der Waals surface area contributed by atoms with Crippen LogP contribution in [0.1, 0.15) is 12.8 Å². The summed E-state index contributed by atoms with van der Waals surface area (Å²) >= 11 is 0. The van der Waals surface area contributed by atoms with Gasteiger partial charge in [0.2, 0.25) is 0 Å². The number of aliphatic hydroxyl groups excluding tert-OH is 2. The van der Waals surface area contributed by atoms with Crippen LogP contribution in [-0.4, -0.2) is 22.4 Å². The Balaban J connectivity index is 0.000000500. The average Bonchev–Trinajstić information content (AvgIpc) is 3.50. The van der Waals surface area contributed by atoms with Gasteiger partial charge in [0.15, 0.2) is 0 Å². The van der Waals surface area contributed by atoms with Crippen molar-refractivity contribution in [2.75, 3.05) is 0 Å². The van der Waals surface area contributed by atoms with E-state index >= 15 is 0 Å². The molecule has 4 saturated carbocycles. The topological polar surface area (TPSA) is 40.5 Å². The molecule has 0 heterocycles. The van der Waals surface area contributed by atoms with Crippen molar-refractivity contribution < 1.29 is 44.4 Å². The molecule has 2 atom stereocenters. The van der Waals surface area contributed by atoms with Gasteiger partial charge in [-0.3, -0.25) is 0 Å². The Morgan fingerprint density at radius 1 is 0.429 bits per heavy atom. The second-order valence-electron chi connectivity index (χ2n) is 5.97. The van der Waals surface area contributed by atoms with Gasteiger partial charge in [0.25, 0.3) is 0 Å². The second kappa shape index (κ2) is 18.7. The molecule has 4 aliphatic rings. The molecular formula is C24H26Fe2O2+4. The zero-order valence-corrected chi connectivity index (χ0v) is 17.8. The molecule has 20 radical (unpaired) electrons. The van der Waals surface area contributed by atoms with E-state index in [9.17, 15) is 10.2 Å². The van der Waals surface area contributed by atoms with E-state index in [-0.39, 0.29) is 34.1 Å². The molecule has 0 bridgehead atoms. The first-order chi connectivity index (χ1) is 12.8. The summed E-state index contributed by atoms with van der Waals surface area (Å²) in [6, 6.07) is 0. The molecule has 0 saturated heterocycles. The fourth-order valence-corrected chi connectivity index (χ4v) is 2.51. The second-order valence-corrected chi connectivity index (χ2v) is 5.97. The predicted molar refractivity (Wildman–Crippen MR) is 105 cm³/mol. The van der Waals surface area contributed by atoms with Crippen LogP contribution in [0.15, 0.2) is 0 Å². The van der Waals surface area contributed by atoms with Crippen molar-refractivity contribution >= 4 is 0 Å². The molecule has 0 aliphatic heterocycles. The Hall–Kier alpha value is 0.959. The quantitative estimate of drug-likeness (QED) is 0.621. The first-order valence-electron chi connectivity index (χ1n) is 8.90. The molecule has 0 aromatic rings. The van der Waals surface area contributed by atoms with Gasteiger partial charge in [0, 0.05) is 11.8 Å². The van der Waals surface area contributed by atoms with E-state index in [0.29, 0.717) is 12.8 Å². The zero-order valence-electron chi connectivity index (χ0n) is 15.6. The third kappa shape index (κ3) is 12.6. The fourth-order valence-electron chi connectivity index (χ4n) is 2.51. The van der Waals surface area contributed by atoms with E-state index in [4.69, 9.17) is 0 Å². The number of aliphatic hydroxyl groups is 2. The third-order valence-corrected chi connectivity index (χ3v) is 3.97. The summed E-state index contributed by atoms with van der Waals surface area (Å²) in [6.45, 7) is 0. The first-order valence-corrected chi connectivity index (χ1v) is 8.90. The predicted octanol–water partition coefficient (Wildman–Crippen LogP) is 3.34. The van der Waals surface area contributed by atoms with Crippen LogP contribution < -0.4 is 0 Å². The van der Waals surface area contributed by atoms with Crippen LogP contribution in [0.4, 0.5) is 0 Å². The maximum atomic E-state index is 9.84. The molecule has 4 fully saturated rings. The van der Waals surface area contributed by atoms with Gasteiger partial charge in [-0.2, -0.15) is 0 Å². The smallest absolute Gasteiger partial charge is 0.393 e. The summed E-state index contributed by atoms with van der Waals surface area (Å²) in [6.07, 6.45) is 35.5. The van der Waals surface area contributed by atoms with Crippen LogP contribution in [0.25, 0.3) is 0 Å². The number of rotatable bonds is 5. The van der Waals surface area contributed by atoms with Crippen molar-refractivity contribution in [3.8, 4) is 0 Å². The molecule has 146 valence electrons. The maximum absolute atomic E-state index is 9.84. The van der Waals surface area contributed by atoms with Gasteiger partial charge in [-0.25, -0.2) is 0 Å². The minimum Gasteiger partial charge on any atom is -0.393 e. The van der Waals surface area contributed by atoms with E-state index in [0.717, 1.165) is 11.8 Å². The van der Waals surface area contributed by atoms with E-state index in [1.807, 2.05) is 116 Å². The maximum Gasteiger partial charge on any atom is 2.00 e. The van der Waals surface area contributed by atoms with Gasteiger partial charge in [-0.1, -0.05) is 0 Å². The SMILES string of the molecule is O[C@H](CC[C@H](O)[C]1[CH][CH][CH][CH]1)[C]1[CH][CH][CH][CH]1.[CH]1[CH][CH][CH][CH]1.[CH]1[CH][CH][CH][CH]1.[Fe+2].[Fe+2]. The monoisotopic (exact) mass is 458 g/mol. The standard InChI is InChI=1S/C14H16O2.2C5H5.2Fe/c15-13(11-5-1-2-6-11)9-10-14(16)12-7-3-4-8-12;2*1-2-4-5-3-1;;/h1-8,13-16H,9-10H2;2*1-5H;;/q;;;2*+2/t13-,14+;;;;. The van der Waals surface area contributed by atoms with Crippen LogP contribution in [-0.2, 0) is 34.1 Å². The van der Waals surface area contributed by atoms with Crippen LogP contribution in [0.2, 0.25) is 0 Å². The summed E-state index contributed by atoms with van der Waals surface area (Å²) in [5, 5.41) is 19.7. The van der Waals surface area contributed by atoms with Crippen molar-refractivity contribution in [1.82, 2.24) is 0 Å². The summed E-state index contributed by atoms with van der Waals surface area (Å²) in [7, 11) is 0. The molecule has 4 heteroatoms. The number of hydrogen-bond donors (Lipinski definition) is 2. The molecule has 0 spiro atoms. The summed E-state index contributed by atoms with van der Waals surface area (Å²) < 4.78 is 0. The Morgan fingerprint density at radius 3 is 0.857 bits per heavy atom. The Kier molecular flexibility index (Phi) is 19.3. The number of hydrogen-bond acceptors (Lipinski definition) is 2. The van der Waals surface area contributed by atoms with Gasteiger partial charge in [0.05, 0.1) is 12.2 Å². The minimum atomic E-state index is -0.473. The van der Waals surface area contributed by atoms with Gasteiger partial charge < -0.3 is 10.2 Å². The van der Waals surface area contributed by atoms with Crippen LogP contribution in [0.5, 0.6) is 0 Å². The Labute approximate surface area is 196 Å². The molecular weight excluding hydrogens is 432 g/mol. The molecule has 0 unspecified atom stereocenters. The van der Waals surface area contributed by atoms with E-state index < -0.39 is 12.2 Å². The molecule has 0 aromatic heterocycles. The zero-order chi connectivity index (χ0) is 18.5. The van der Waals surface area contributed by atoms with Crippen LogP contribution in [0.3, 0.4) is 0 Å². The Morgan fingerprint density at radius 2 is 0.643 bits per heavy atom. The molecule has 2 N–H and O–H groups in total. The largest absolute Gasteiger partial charge is 2.00 e. The first kappa shape index (κ1) is 29.0. The van der Waals surface area contributed by atoms with Crippen LogP contribution in [0, 0.1) is 127 Å². The molecule has 2 nitrogen and oxygen atoms in total. The summed E-state index contributed by atoms with van der Waals surface area (Å²) in [4.78, 5) is 0. The molecule has 0 amide bonds. The van der Waals surface area contributed by atoms with Gasteiger partial charge in [-0.15, -0.1) is 0 Å². The molecule has 4 rings (SSSR count). The van der Waals surface area contributed by atoms with Crippen molar-refractivity contribution in [3.63, 3.8) is 0 Å². The molecule has 28 heavy (non-hydrogen) atoms. The van der Waals surface area contributed by atoms with Crippen molar-refractivity contribution in [2.45, 2.75) is 25.0 Å². The normalized spacial score (nSPS) is 24.2.